The van der Waals surface area contributed by atoms with Crippen LogP contribution in [0.4, 0.5) is 0 Å². The van der Waals surface area contributed by atoms with Crippen LogP contribution in [0.25, 0.3) is 11.0 Å². The highest BCUT2D eigenvalue weighted by Crippen LogP contribution is 2.13. The number of nitrogens with zero attached hydrogens (tertiary/aromatic N) is 2. The first kappa shape index (κ1) is 10.2. The summed E-state index contributed by atoms with van der Waals surface area (Å²) in [6.07, 6.45) is 0. The van der Waals surface area contributed by atoms with Crippen molar-refractivity contribution in [2.45, 2.75) is 5.88 Å². The molecule has 1 heterocycles. The number of fused-ring (bicyclic) bond motifs is 1. The van der Waals surface area contributed by atoms with E-state index in [0.29, 0.717) is 11.7 Å². The molecule has 0 bridgehead atoms. The molecule has 13 heavy (non-hydrogen) atoms. The molecule has 0 aliphatic rings. The van der Waals surface area contributed by atoms with Crippen molar-refractivity contribution < 1.29 is 0 Å². The number of benzene rings is 1. The lowest BCUT2D eigenvalue weighted by Crippen LogP contribution is -2.10. The van der Waals surface area contributed by atoms with Gasteiger partial charge in [0.2, 0.25) is 0 Å². The highest BCUT2D eigenvalue weighted by atomic mass is 35.5. The third-order valence-electron chi connectivity index (χ3n) is 1.79. The molecule has 0 aliphatic carbocycles. The number of alkyl halides is 1. The van der Waals surface area contributed by atoms with Crippen LogP contribution in [-0.4, -0.2) is 9.66 Å². The average molecular weight is 218 g/mol. The molecular formula is C8H9Cl2N3. The van der Waals surface area contributed by atoms with E-state index in [9.17, 15) is 0 Å². The summed E-state index contributed by atoms with van der Waals surface area (Å²) < 4.78 is 1.52. The Labute approximate surface area is 86.9 Å². The molecule has 0 spiro atoms. The molecule has 3 nitrogen and oxygen atoms in total. The predicted molar refractivity (Wildman–Crippen MR) is 56.7 cm³/mol. The minimum Gasteiger partial charge on any atom is -0.337 e. The lowest BCUT2D eigenvalue weighted by Gasteiger charge is -1.96. The van der Waals surface area contributed by atoms with Crippen LogP contribution in [-0.2, 0) is 5.88 Å². The number of halogens is 2. The summed E-state index contributed by atoms with van der Waals surface area (Å²) >= 11 is 5.64. The van der Waals surface area contributed by atoms with Crippen LogP contribution in [0.5, 0.6) is 0 Å². The lowest BCUT2D eigenvalue weighted by molar-refractivity contribution is 0.939. The molecule has 2 N–H and O–H groups in total. The van der Waals surface area contributed by atoms with Gasteiger partial charge in [0.25, 0.3) is 0 Å². The van der Waals surface area contributed by atoms with Crippen molar-refractivity contribution in [2.75, 3.05) is 5.84 Å². The van der Waals surface area contributed by atoms with Gasteiger partial charge in [0.15, 0.2) is 0 Å². The highest BCUT2D eigenvalue weighted by molar-refractivity contribution is 6.16. The number of nitrogen functional groups attached to an aromatic ring is 1. The van der Waals surface area contributed by atoms with Gasteiger partial charge in [0, 0.05) is 0 Å². The van der Waals surface area contributed by atoms with Gasteiger partial charge in [0.1, 0.15) is 5.82 Å². The van der Waals surface area contributed by atoms with Gasteiger partial charge in [-0.15, -0.1) is 24.0 Å². The van der Waals surface area contributed by atoms with Gasteiger partial charge in [0.05, 0.1) is 16.9 Å². The van der Waals surface area contributed by atoms with E-state index >= 15 is 0 Å². The third kappa shape index (κ3) is 1.57. The molecule has 0 radical (unpaired) electrons. The minimum absolute atomic E-state index is 0. The second-order valence-electron chi connectivity index (χ2n) is 2.52. The van der Waals surface area contributed by atoms with Crippen molar-refractivity contribution in [3.05, 3.63) is 30.1 Å². The van der Waals surface area contributed by atoms with Gasteiger partial charge in [-0.3, -0.25) is 0 Å². The van der Waals surface area contributed by atoms with Crippen LogP contribution < -0.4 is 5.84 Å². The van der Waals surface area contributed by atoms with E-state index in [1.807, 2.05) is 24.3 Å². The third-order valence-corrected chi connectivity index (χ3v) is 2.03. The molecule has 0 amide bonds. The maximum Gasteiger partial charge on any atom is 0.143 e. The standard InChI is InChI=1S/C8H8ClN3.ClH/c9-5-8-11-6-3-1-2-4-7(6)12(8)10;/h1-4H,5,10H2;1H. The van der Waals surface area contributed by atoms with E-state index in [4.69, 9.17) is 17.4 Å². The van der Waals surface area contributed by atoms with Crippen LogP contribution in [0.1, 0.15) is 5.82 Å². The van der Waals surface area contributed by atoms with Crippen LogP contribution in [0, 0.1) is 0 Å². The Kier molecular flexibility index (Phi) is 3.01. The molecule has 2 aromatic rings. The van der Waals surface area contributed by atoms with E-state index in [0.717, 1.165) is 11.0 Å². The summed E-state index contributed by atoms with van der Waals surface area (Å²) in [7, 11) is 0. The molecular weight excluding hydrogens is 209 g/mol. The number of rotatable bonds is 1. The average Bonchev–Trinajstić information content (AvgIpc) is 2.44. The Hall–Kier alpha value is -0.930. The zero-order valence-corrected chi connectivity index (χ0v) is 8.35. The molecule has 0 atom stereocenters. The fourth-order valence-electron chi connectivity index (χ4n) is 1.19. The van der Waals surface area contributed by atoms with E-state index < -0.39 is 0 Å². The lowest BCUT2D eigenvalue weighted by atomic mass is 10.3. The Bertz CT molecular complexity index is 411. The first-order valence-corrected chi connectivity index (χ1v) is 4.14. The minimum atomic E-state index is 0. The van der Waals surface area contributed by atoms with Crippen LogP contribution >= 0.6 is 24.0 Å². The molecule has 2 rings (SSSR count). The first-order valence-electron chi connectivity index (χ1n) is 3.60. The van der Waals surface area contributed by atoms with Crippen molar-refractivity contribution in [2.24, 2.45) is 0 Å². The summed E-state index contributed by atoms with van der Waals surface area (Å²) in [5, 5.41) is 0. The number of hydrogen-bond donors (Lipinski definition) is 1. The van der Waals surface area contributed by atoms with Crippen molar-refractivity contribution in [1.29, 1.82) is 0 Å². The Balaban J connectivity index is 0.000000845. The Morgan fingerprint density at radius 1 is 1.38 bits per heavy atom. The monoisotopic (exact) mass is 217 g/mol. The Morgan fingerprint density at radius 2 is 2.08 bits per heavy atom. The second kappa shape index (κ2) is 3.85. The number of para-hydroxylation sites is 2. The highest BCUT2D eigenvalue weighted by Gasteiger charge is 2.04. The predicted octanol–water partition coefficient (Wildman–Crippen LogP) is 1.91. The molecule has 0 saturated heterocycles. The molecule has 1 aromatic heterocycles. The smallest absolute Gasteiger partial charge is 0.143 e. The Morgan fingerprint density at radius 3 is 2.69 bits per heavy atom. The van der Waals surface area contributed by atoms with Crippen molar-refractivity contribution >= 4 is 35.0 Å². The molecule has 0 saturated carbocycles. The fraction of sp³-hybridized carbons (Fsp3) is 0.125. The number of nitrogens with two attached hydrogens (primary N) is 1. The molecule has 0 aliphatic heterocycles. The van der Waals surface area contributed by atoms with E-state index in [2.05, 4.69) is 4.98 Å². The van der Waals surface area contributed by atoms with Crippen molar-refractivity contribution in [3.63, 3.8) is 0 Å². The fourth-order valence-corrected chi connectivity index (χ4v) is 1.38. The van der Waals surface area contributed by atoms with E-state index in [-0.39, 0.29) is 12.4 Å². The maximum absolute atomic E-state index is 5.72. The van der Waals surface area contributed by atoms with Crippen molar-refractivity contribution in [1.82, 2.24) is 9.66 Å². The molecule has 0 fully saturated rings. The number of hydrogen-bond acceptors (Lipinski definition) is 2. The maximum atomic E-state index is 5.72. The topological polar surface area (TPSA) is 43.8 Å². The molecule has 5 heteroatoms. The van der Waals surface area contributed by atoms with Gasteiger partial charge < -0.3 is 5.84 Å². The molecule has 0 unspecified atom stereocenters. The zero-order chi connectivity index (χ0) is 8.55. The molecule has 70 valence electrons. The van der Waals surface area contributed by atoms with Gasteiger partial charge in [-0.2, -0.15) is 0 Å². The largest absolute Gasteiger partial charge is 0.337 e. The quantitative estimate of drug-likeness (QED) is 0.586. The first-order chi connectivity index (χ1) is 5.83. The number of imidazole rings is 1. The van der Waals surface area contributed by atoms with E-state index in [1.165, 1.54) is 4.68 Å². The van der Waals surface area contributed by atoms with Crippen LogP contribution in [0.2, 0.25) is 0 Å². The summed E-state index contributed by atoms with van der Waals surface area (Å²) in [5.41, 5.74) is 1.80. The van der Waals surface area contributed by atoms with Gasteiger partial charge in [-0.1, -0.05) is 12.1 Å². The summed E-state index contributed by atoms with van der Waals surface area (Å²) in [5.74, 6) is 6.75. The zero-order valence-electron chi connectivity index (χ0n) is 6.77. The van der Waals surface area contributed by atoms with E-state index in [1.54, 1.807) is 0 Å². The normalized spacial score (nSPS) is 9.92. The number of aromatic nitrogens is 2. The van der Waals surface area contributed by atoms with Gasteiger partial charge >= 0.3 is 0 Å². The summed E-state index contributed by atoms with van der Waals surface area (Å²) in [4.78, 5) is 4.24. The van der Waals surface area contributed by atoms with Gasteiger partial charge in [-0.25, -0.2) is 9.66 Å². The summed E-state index contributed by atoms with van der Waals surface area (Å²) in [6.45, 7) is 0. The molecule has 1 aromatic carbocycles. The van der Waals surface area contributed by atoms with Crippen LogP contribution in [0.15, 0.2) is 24.3 Å². The SMILES string of the molecule is Cl.Nn1c(CCl)nc2ccccc21. The summed E-state index contributed by atoms with van der Waals surface area (Å²) in [6, 6.07) is 7.67. The second-order valence-corrected chi connectivity index (χ2v) is 2.79. The van der Waals surface area contributed by atoms with Crippen molar-refractivity contribution in [3.8, 4) is 0 Å². The van der Waals surface area contributed by atoms with Crippen LogP contribution in [0.3, 0.4) is 0 Å². The van der Waals surface area contributed by atoms with Gasteiger partial charge in [-0.05, 0) is 12.1 Å².